The quantitative estimate of drug-likeness (QED) is 0.707. The summed E-state index contributed by atoms with van der Waals surface area (Å²) in [6, 6.07) is 6.28. The maximum absolute atomic E-state index is 12.9. The lowest BCUT2D eigenvalue weighted by Crippen LogP contribution is -2.24. The van der Waals surface area contributed by atoms with Crippen molar-refractivity contribution >= 4 is 0 Å². The van der Waals surface area contributed by atoms with Crippen LogP contribution in [0.3, 0.4) is 0 Å². The summed E-state index contributed by atoms with van der Waals surface area (Å²) in [4.78, 5) is 0. The van der Waals surface area contributed by atoms with Crippen LogP contribution in [0.1, 0.15) is 26.5 Å². The fourth-order valence-corrected chi connectivity index (χ4v) is 1.86. The van der Waals surface area contributed by atoms with E-state index in [9.17, 15) is 17.6 Å². The summed E-state index contributed by atoms with van der Waals surface area (Å²) < 4.78 is 52.7. The van der Waals surface area contributed by atoms with Crippen LogP contribution in [0.15, 0.2) is 30.3 Å². The molecule has 2 rings (SSSR count). The molecule has 20 heavy (non-hydrogen) atoms. The van der Waals surface area contributed by atoms with Crippen LogP contribution in [-0.2, 0) is 11.7 Å². The van der Waals surface area contributed by atoms with E-state index in [1.807, 2.05) is 0 Å². The Morgan fingerprint density at radius 3 is 2.00 bits per heavy atom. The van der Waals surface area contributed by atoms with Gasteiger partial charge in [0, 0.05) is 5.56 Å². The van der Waals surface area contributed by atoms with Crippen LogP contribution < -0.4 is 0 Å². The SMILES string of the molecule is CC(C)(C)n1nc(C(F)(F)F)cc1-c1ccc(F)cc1. The summed E-state index contributed by atoms with van der Waals surface area (Å²) in [5.74, 6) is -0.438. The predicted octanol–water partition coefficient (Wildman–Crippen LogP) is 4.46. The summed E-state index contributed by atoms with van der Waals surface area (Å²) in [5.41, 5.74) is -0.770. The van der Waals surface area contributed by atoms with Gasteiger partial charge in [-0.05, 0) is 51.1 Å². The zero-order valence-corrected chi connectivity index (χ0v) is 11.3. The first-order valence-electron chi connectivity index (χ1n) is 6.03. The maximum Gasteiger partial charge on any atom is 0.435 e. The van der Waals surface area contributed by atoms with Gasteiger partial charge in [0.25, 0.3) is 0 Å². The van der Waals surface area contributed by atoms with E-state index in [1.54, 1.807) is 20.8 Å². The fraction of sp³-hybridized carbons (Fsp3) is 0.357. The summed E-state index contributed by atoms with van der Waals surface area (Å²) in [7, 11) is 0. The normalized spacial score (nSPS) is 12.8. The molecule has 1 aromatic heterocycles. The molecular weight excluding hydrogens is 272 g/mol. The zero-order chi connectivity index (χ0) is 15.1. The highest BCUT2D eigenvalue weighted by molar-refractivity contribution is 5.60. The van der Waals surface area contributed by atoms with Crippen molar-refractivity contribution < 1.29 is 17.6 Å². The van der Waals surface area contributed by atoms with Crippen LogP contribution in [0.2, 0.25) is 0 Å². The molecule has 6 heteroatoms. The minimum atomic E-state index is -4.51. The first-order valence-corrected chi connectivity index (χ1v) is 6.03. The Balaban J connectivity index is 2.62. The Labute approximate surface area is 114 Å². The standard InChI is InChI=1S/C14H14F4N2/c1-13(2,3)20-11(8-12(19-20)14(16,17)18)9-4-6-10(15)7-5-9/h4-8H,1-3H3. The molecule has 0 unspecified atom stereocenters. The number of hydrogen-bond acceptors (Lipinski definition) is 1. The number of rotatable bonds is 1. The second kappa shape index (κ2) is 4.61. The third-order valence-electron chi connectivity index (χ3n) is 2.78. The van der Waals surface area contributed by atoms with E-state index < -0.39 is 23.2 Å². The Hall–Kier alpha value is -1.85. The van der Waals surface area contributed by atoms with Crippen LogP contribution in [0, 0.1) is 5.82 Å². The summed E-state index contributed by atoms with van der Waals surface area (Å²) in [6.07, 6.45) is -4.51. The number of benzene rings is 1. The van der Waals surface area contributed by atoms with Crippen molar-refractivity contribution in [2.75, 3.05) is 0 Å². The van der Waals surface area contributed by atoms with E-state index in [1.165, 1.54) is 28.9 Å². The first kappa shape index (κ1) is 14.6. The molecule has 0 radical (unpaired) electrons. The molecule has 0 saturated heterocycles. The maximum atomic E-state index is 12.9. The Bertz CT molecular complexity index is 604. The van der Waals surface area contributed by atoms with Crippen molar-refractivity contribution in [3.63, 3.8) is 0 Å². The van der Waals surface area contributed by atoms with Gasteiger partial charge in [-0.1, -0.05) is 0 Å². The average molecular weight is 286 g/mol. The van der Waals surface area contributed by atoms with E-state index in [0.717, 1.165) is 6.07 Å². The topological polar surface area (TPSA) is 17.8 Å². The first-order chi connectivity index (χ1) is 9.09. The molecule has 1 heterocycles. The van der Waals surface area contributed by atoms with Crippen molar-refractivity contribution in [3.8, 4) is 11.3 Å². The fourth-order valence-electron chi connectivity index (χ4n) is 1.86. The van der Waals surface area contributed by atoms with Gasteiger partial charge in [0.05, 0.1) is 11.2 Å². The van der Waals surface area contributed by atoms with Gasteiger partial charge in [-0.3, -0.25) is 4.68 Å². The minimum absolute atomic E-state index is 0.310. The van der Waals surface area contributed by atoms with E-state index in [2.05, 4.69) is 5.10 Å². The molecule has 2 aromatic rings. The van der Waals surface area contributed by atoms with Crippen molar-refractivity contribution in [1.82, 2.24) is 9.78 Å². The van der Waals surface area contributed by atoms with Gasteiger partial charge < -0.3 is 0 Å². The number of nitrogens with zero attached hydrogens (tertiary/aromatic N) is 2. The van der Waals surface area contributed by atoms with Gasteiger partial charge in [0.15, 0.2) is 5.69 Å². The molecule has 0 atom stereocenters. The van der Waals surface area contributed by atoms with E-state index in [0.29, 0.717) is 11.3 Å². The van der Waals surface area contributed by atoms with Gasteiger partial charge >= 0.3 is 6.18 Å². The van der Waals surface area contributed by atoms with E-state index in [4.69, 9.17) is 0 Å². The Morgan fingerprint density at radius 1 is 1.00 bits per heavy atom. The van der Waals surface area contributed by atoms with E-state index in [-0.39, 0.29) is 0 Å². The highest BCUT2D eigenvalue weighted by Gasteiger charge is 2.36. The molecule has 0 aliphatic carbocycles. The van der Waals surface area contributed by atoms with Crippen molar-refractivity contribution in [2.45, 2.75) is 32.5 Å². The number of aromatic nitrogens is 2. The lowest BCUT2D eigenvalue weighted by Gasteiger charge is -2.22. The van der Waals surface area contributed by atoms with Crippen molar-refractivity contribution in [2.24, 2.45) is 0 Å². The van der Waals surface area contributed by atoms with Gasteiger partial charge in [0.1, 0.15) is 5.82 Å². The van der Waals surface area contributed by atoms with Crippen LogP contribution >= 0.6 is 0 Å². The molecule has 0 spiro atoms. The minimum Gasteiger partial charge on any atom is -0.259 e. The summed E-state index contributed by atoms with van der Waals surface area (Å²) in [6.45, 7) is 5.27. The summed E-state index contributed by atoms with van der Waals surface area (Å²) >= 11 is 0. The third kappa shape index (κ3) is 2.84. The van der Waals surface area contributed by atoms with Crippen LogP contribution in [-0.4, -0.2) is 9.78 Å². The highest BCUT2D eigenvalue weighted by Crippen LogP contribution is 2.34. The molecule has 0 aliphatic heterocycles. The van der Waals surface area contributed by atoms with Crippen LogP contribution in [0.4, 0.5) is 17.6 Å². The smallest absolute Gasteiger partial charge is 0.259 e. The zero-order valence-electron chi connectivity index (χ0n) is 11.3. The Kier molecular flexibility index (Phi) is 3.36. The summed E-state index contributed by atoms with van der Waals surface area (Å²) in [5, 5.41) is 3.65. The van der Waals surface area contributed by atoms with Crippen LogP contribution in [0.25, 0.3) is 11.3 Å². The molecule has 0 bridgehead atoms. The van der Waals surface area contributed by atoms with Crippen LogP contribution in [0.5, 0.6) is 0 Å². The molecule has 0 fully saturated rings. The number of alkyl halides is 3. The Morgan fingerprint density at radius 2 is 1.55 bits per heavy atom. The number of hydrogen-bond donors (Lipinski definition) is 0. The molecule has 1 aromatic carbocycles. The second-order valence-corrected chi connectivity index (χ2v) is 5.50. The molecule has 0 aliphatic rings. The molecule has 108 valence electrons. The monoisotopic (exact) mass is 286 g/mol. The van der Waals surface area contributed by atoms with Gasteiger partial charge in [0.2, 0.25) is 0 Å². The lowest BCUT2D eigenvalue weighted by atomic mass is 10.1. The molecule has 2 nitrogen and oxygen atoms in total. The third-order valence-corrected chi connectivity index (χ3v) is 2.78. The van der Waals surface area contributed by atoms with Crippen molar-refractivity contribution in [1.29, 1.82) is 0 Å². The lowest BCUT2D eigenvalue weighted by molar-refractivity contribution is -0.141. The highest BCUT2D eigenvalue weighted by atomic mass is 19.4. The molecule has 0 amide bonds. The number of halogens is 4. The van der Waals surface area contributed by atoms with Crippen molar-refractivity contribution in [3.05, 3.63) is 41.8 Å². The predicted molar refractivity (Wildman–Crippen MR) is 67.6 cm³/mol. The molecular formula is C14H14F4N2. The largest absolute Gasteiger partial charge is 0.435 e. The van der Waals surface area contributed by atoms with Gasteiger partial charge in [-0.25, -0.2) is 4.39 Å². The molecule has 0 saturated carbocycles. The van der Waals surface area contributed by atoms with E-state index >= 15 is 0 Å². The average Bonchev–Trinajstić information content (AvgIpc) is 2.74. The second-order valence-electron chi connectivity index (χ2n) is 5.50. The van der Waals surface area contributed by atoms with Gasteiger partial charge in [-0.15, -0.1) is 0 Å². The molecule has 0 N–H and O–H groups in total. The van der Waals surface area contributed by atoms with Gasteiger partial charge in [-0.2, -0.15) is 18.3 Å².